The molecule has 0 unspecified atom stereocenters. The van der Waals surface area contributed by atoms with Gasteiger partial charge in [-0.1, -0.05) is 75.9 Å². The highest BCUT2D eigenvalue weighted by Crippen LogP contribution is 2.51. The van der Waals surface area contributed by atoms with E-state index < -0.39 is 108 Å². The molecule has 0 saturated carbocycles. The van der Waals surface area contributed by atoms with E-state index in [2.05, 4.69) is 59.9 Å². The number of nitrogens with one attached hydrogen (secondary N) is 1. The van der Waals surface area contributed by atoms with Gasteiger partial charge in [0.25, 0.3) is 0 Å². The number of aliphatic hydroxyl groups excluding tert-OH is 3. The smallest absolute Gasteiger partial charge is 0.311 e. The Morgan fingerprint density at radius 1 is 0.857 bits per heavy atom. The number of fused-ring (bicyclic) bond motifs is 5. The van der Waals surface area contributed by atoms with Crippen molar-refractivity contribution in [2.45, 2.75) is 195 Å². The van der Waals surface area contributed by atoms with Crippen LogP contribution in [0, 0.1) is 23.7 Å². The zero-order chi connectivity index (χ0) is 56.3. The molecule has 18 heteroatoms. The van der Waals surface area contributed by atoms with Crippen LogP contribution in [0.4, 0.5) is 0 Å². The second kappa shape index (κ2) is 25.5. The highest BCUT2D eigenvalue weighted by molar-refractivity contribution is 7.99. The minimum Gasteiger partial charge on any atom is -0.459 e. The van der Waals surface area contributed by atoms with Crippen LogP contribution in [-0.2, 0) is 47.5 Å². The number of ketones is 1. The number of rotatable bonds is 14. The summed E-state index contributed by atoms with van der Waals surface area (Å²) in [5, 5.41) is 49.9. The third kappa shape index (κ3) is 13.3. The number of cyclic esters (lactones) is 1. The fourth-order valence-corrected chi connectivity index (χ4v) is 14.2. The second-order valence-electron chi connectivity index (χ2n) is 22.6. The van der Waals surface area contributed by atoms with Crippen LogP contribution in [0.5, 0.6) is 0 Å². The number of hydrogen-bond acceptors (Lipinski definition) is 17. The van der Waals surface area contributed by atoms with E-state index in [1.165, 1.54) is 46.9 Å². The number of amides is 1. The third-order valence-electron chi connectivity index (χ3n) is 16.8. The average Bonchev–Trinajstić information content (AvgIpc) is 3.82. The third-order valence-corrected chi connectivity index (χ3v) is 19.1. The lowest BCUT2D eigenvalue weighted by Crippen LogP contribution is -2.61. The van der Waals surface area contributed by atoms with E-state index in [0.29, 0.717) is 25.9 Å². The van der Waals surface area contributed by atoms with Gasteiger partial charge in [-0.05, 0) is 111 Å². The van der Waals surface area contributed by atoms with Crippen molar-refractivity contribution >= 4 is 46.8 Å². The Bertz CT molecular complexity index is 2480. The number of ether oxygens (including phenoxy) is 7. The lowest BCUT2D eigenvalue weighted by Gasteiger charge is -2.50. The molecule has 3 saturated heterocycles. The molecule has 4 aliphatic rings. The Kier molecular flexibility index (Phi) is 20.2. The van der Waals surface area contributed by atoms with E-state index in [-0.39, 0.29) is 37.1 Å². The van der Waals surface area contributed by atoms with E-state index in [4.69, 9.17) is 33.2 Å². The predicted molar refractivity (Wildman–Crippen MR) is 296 cm³/mol. The number of nitrogens with zero attached hydrogens (tertiary/aromatic N) is 1. The predicted octanol–water partition coefficient (Wildman–Crippen LogP) is 7.89. The topological polar surface area (TPSA) is 212 Å². The Balaban J connectivity index is 1.09. The molecule has 4 aliphatic heterocycles. The van der Waals surface area contributed by atoms with Crippen molar-refractivity contribution in [3.8, 4) is 21.6 Å². The average molecular weight is 1110 g/mol. The molecule has 77 heavy (non-hydrogen) atoms. The molecule has 3 aromatic rings. The highest BCUT2D eigenvalue weighted by Gasteiger charge is 2.54. The summed E-state index contributed by atoms with van der Waals surface area (Å²) in [5.41, 5.74) is -0.914. The van der Waals surface area contributed by atoms with Crippen LogP contribution >= 0.6 is 23.1 Å². The van der Waals surface area contributed by atoms with Crippen molar-refractivity contribution in [2.24, 2.45) is 23.7 Å². The minimum absolute atomic E-state index is 0.0600. The van der Waals surface area contributed by atoms with Gasteiger partial charge >= 0.3 is 5.97 Å². The van der Waals surface area contributed by atoms with E-state index in [1.807, 2.05) is 31.9 Å². The SMILES string of the molecule is CC[C@H]1OC(=O)[C@H](C)[C@@H](O[C@H]2C[C@@](C)(OC)[C@@H](O)[C@H](C)O2)[C@H](C)[C@@H](O[C@@H]2O[C@H](C)C[C@H](N(C)CCCNC(=O)C=Cc3cc4c(s3)-c3ccccc3Sc3ccccc3-4)[C@H]2O)[C@](C)(OC)C[C@@H](C)C(=O)[C@H](C)[C@@H](O)[C@]1(C)O. The van der Waals surface area contributed by atoms with E-state index in [9.17, 15) is 34.8 Å². The van der Waals surface area contributed by atoms with Gasteiger partial charge in [0, 0.05) is 87.7 Å². The quantitative estimate of drug-likeness (QED) is 0.0462. The van der Waals surface area contributed by atoms with Gasteiger partial charge in [-0.15, -0.1) is 11.3 Å². The molecule has 426 valence electrons. The Labute approximate surface area is 463 Å². The maximum absolute atomic E-state index is 14.5. The number of carbonyl (C=O) groups excluding carboxylic acids is 3. The summed E-state index contributed by atoms with van der Waals surface area (Å²) < 4.78 is 44.8. The zero-order valence-corrected chi connectivity index (χ0v) is 48.7. The Hall–Kier alpha value is -3.60. The normalized spacial score (nSPS) is 37.3. The number of benzene rings is 2. The Morgan fingerprint density at radius 3 is 2.17 bits per heavy atom. The molecule has 5 N–H and O–H groups in total. The number of hydrogen-bond donors (Lipinski definition) is 5. The number of Topliss-reactive ketones (excluding diaryl/α,β-unsaturated/α-hetero) is 1. The molecule has 0 spiro atoms. The molecule has 0 bridgehead atoms. The molecule has 3 fully saturated rings. The molecule has 18 atom stereocenters. The van der Waals surface area contributed by atoms with Crippen LogP contribution in [0.1, 0.15) is 106 Å². The lowest BCUT2D eigenvalue weighted by molar-refractivity contribution is -0.319. The maximum atomic E-state index is 14.5. The van der Waals surface area contributed by atoms with Gasteiger partial charge in [-0.3, -0.25) is 14.4 Å². The van der Waals surface area contributed by atoms with Gasteiger partial charge < -0.3 is 63.8 Å². The van der Waals surface area contributed by atoms with Crippen molar-refractivity contribution in [3.05, 3.63) is 65.6 Å². The van der Waals surface area contributed by atoms with Crippen molar-refractivity contribution in [2.75, 3.05) is 34.4 Å². The van der Waals surface area contributed by atoms with Crippen LogP contribution in [0.25, 0.3) is 27.6 Å². The first-order valence-electron chi connectivity index (χ1n) is 27.3. The minimum atomic E-state index is -2.01. The molecule has 7 rings (SSSR count). The van der Waals surface area contributed by atoms with Crippen molar-refractivity contribution < 1.29 is 68.0 Å². The van der Waals surface area contributed by atoms with Gasteiger partial charge in [0.1, 0.15) is 29.7 Å². The summed E-state index contributed by atoms with van der Waals surface area (Å²) in [4.78, 5) is 48.6. The molecule has 16 nitrogen and oxygen atoms in total. The van der Waals surface area contributed by atoms with Crippen molar-refractivity contribution in [3.63, 3.8) is 0 Å². The standard InChI is InChI=1S/C59H84N2O14S2/c1-14-45-59(10,68)52(65)34(4)48(63)32(2)30-58(9,70-13)54(35(5)50(36(6)55(67)73-45)74-47-31-57(8,69-12)53(66)37(7)72-47)75-56-49(64)42(28-33(3)71-56)61(11)27-19-26-60-46(62)25-24-38-29-41-39-20-15-17-22-43(39)77-44-23-18-16-21-40(44)51(41)76-38/h15-18,20-25,29,32-37,42,45,47,49-50,52-54,56,64-66,68H,14,19,26-28,30-31H2,1-13H3,(H,60,62)/t32-,33-,34+,35+,36-,37+,42+,45-,47+,49-,50+,52-,53+,54-,56+,57-,58-,59-/m1/s1. The summed E-state index contributed by atoms with van der Waals surface area (Å²) in [6.07, 6.45) is -5.67. The van der Waals surface area contributed by atoms with Gasteiger partial charge in [0.15, 0.2) is 12.6 Å². The largest absolute Gasteiger partial charge is 0.459 e. The summed E-state index contributed by atoms with van der Waals surface area (Å²) in [5.74, 6) is -4.98. The first-order chi connectivity index (χ1) is 36.4. The van der Waals surface area contributed by atoms with Crippen LogP contribution < -0.4 is 5.32 Å². The zero-order valence-electron chi connectivity index (χ0n) is 47.1. The molecule has 5 heterocycles. The number of aliphatic hydroxyl groups is 4. The fraction of sp³-hybridized carbons (Fsp3) is 0.644. The number of methoxy groups -OCH3 is 2. The summed E-state index contributed by atoms with van der Waals surface area (Å²) in [6.45, 7) is 17.9. The molecule has 0 radical (unpaired) electrons. The molecular formula is C59H84N2O14S2. The van der Waals surface area contributed by atoms with Gasteiger partial charge in [-0.25, -0.2) is 0 Å². The number of likely N-dealkylation sites (N-methyl/N-ethyl adjacent to an activating group) is 1. The van der Waals surface area contributed by atoms with E-state index in [1.54, 1.807) is 77.6 Å². The van der Waals surface area contributed by atoms with E-state index in [0.717, 1.165) is 10.4 Å². The molecule has 1 amide bonds. The fourth-order valence-electron chi connectivity index (χ4n) is 12.0. The van der Waals surface area contributed by atoms with Crippen LogP contribution in [-0.4, -0.2) is 162 Å². The molecule has 0 aliphatic carbocycles. The van der Waals surface area contributed by atoms with Crippen LogP contribution in [0.3, 0.4) is 0 Å². The molecule has 2 aromatic carbocycles. The number of carbonyl (C=O) groups is 3. The second-order valence-corrected chi connectivity index (χ2v) is 24.8. The lowest BCUT2D eigenvalue weighted by atomic mass is 9.74. The van der Waals surface area contributed by atoms with Crippen molar-refractivity contribution in [1.29, 1.82) is 0 Å². The maximum Gasteiger partial charge on any atom is 0.311 e. The first kappa shape index (κ1) is 61.0. The summed E-state index contributed by atoms with van der Waals surface area (Å²) in [7, 11) is 4.92. The Morgan fingerprint density at radius 2 is 1.51 bits per heavy atom. The van der Waals surface area contributed by atoms with Gasteiger partial charge in [0.2, 0.25) is 5.91 Å². The number of thiophene rings is 1. The monoisotopic (exact) mass is 1110 g/mol. The van der Waals surface area contributed by atoms with Crippen LogP contribution in [0.2, 0.25) is 0 Å². The highest BCUT2D eigenvalue weighted by atomic mass is 32.2. The van der Waals surface area contributed by atoms with Gasteiger partial charge in [-0.2, -0.15) is 0 Å². The summed E-state index contributed by atoms with van der Waals surface area (Å²) >= 11 is 3.43. The number of esters is 1. The van der Waals surface area contributed by atoms with Crippen LogP contribution in [0.15, 0.2) is 70.5 Å². The van der Waals surface area contributed by atoms with Crippen molar-refractivity contribution in [1.82, 2.24) is 10.2 Å². The summed E-state index contributed by atoms with van der Waals surface area (Å²) in [6, 6.07) is 18.5. The van der Waals surface area contributed by atoms with Gasteiger partial charge in [0.05, 0.1) is 47.6 Å². The first-order valence-corrected chi connectivity index (χ1v) is 28.9. The molecule has 1 aromatic heterocycles. The molecular weight excluding hydrogens is 1020 g/mol. The van der Waals surface area contributed by atoms with E-state index >= 15 is 0 Å².